The summed E-state index contributed by atoms with van der Waals surface area (Å²) in [6.07, 6.45) is 6.44. The van der Waals surface area contributed by atoms with Crippen LogP contribution in [0.15, 0.2) is 6.20 Å². The number of nitrogens with one attached hydrogen (secondary N) is 1. The molecule has 102 valence electrons. The Balaban J connectivity index is 2.39. The van der Waals surface area contributed by atoms with E-state index in [2.05, 4.69) is 21.5 Å². The molecule has 0 fully saturated rings. The predicted octanol–water partition coefficient (Wildman–Crippen LogP) is -0.359. The van der Waals surface area contributed by atoms with Gasteiger partial charge in [0.05, 0.1) is 19.3 Å². The standard InChI is InChI=1S/C11H15N5O3/c1-3-6-15(4-2)11(19)12-5-7-16-8-9(10(17)18)13-14-16/h1,8H,4-7H2,2H3,(H,12,19)(H,17,18). The molecule has 2 amide bonds. The molecule has 19 heavy (non-hydrogen) atoms. The van der Waals surface area contributed by atoms with E-state index < -0.39 is 5.97 Å². The first-order chi connectivity index (χ1) is 9.08. The smallest absolute Gasteiger partial charge is 0.358 e. The van der Waals surface area contributed by atoms with Crippen molar-refractivity contribution >= 4 is 12.0 Å². The zero-order valence-corrected chi connectivity index (χ0v) is 10.5. The molecule has 1 aromatic rings. The number of carboxylic acids is 1. The quantitative estimate of drug-likeness (QED) is 0.684. The van der Waals surface area contributed by atoms with Gasteiger partial charge in [-0.05, 0) is 6.92 Å². The van der Waals surface area contributed by atoms with Crippen LogP contribution in [0.1, 0.15) is 17.4 Å². The van der Waals surface area contributed by atoms with E-state index in [9.17, 15) is 9.59 Å². The summed E-state index contributed by atoms with van der Waals surface area (Å²) in [5.41, 5.74) is -0.131. The third-order valence-corrected chi connectivity index (χ3v) is 2.33. The van der Waals surface area contributed by atoms with E-state index in [4.69, 9.17) is 11.5 Å². The van der Waals surface area contributed by atoms with Crippen molar-refractivity contribution in [2.24, 2.45) is 0 Å². The second-order valence-corrected chi connectivity index (χ2v) is 3.62. The Bertz CT molecular complexity index is 491. The van der Waals surface area contributed by atoms with Gasteiger partial charge in [-0.1, -0.05) is 11.1 Å². The number of amides is 2. The van der Waals surface area contributed by atoms with E-state index in [1.165, 1.54) is 15.8 Å². The van der Waals surface area contributed by atoms with E-state index in [0.717, 1.165) is 0 Å². The molecule has 0 atom stereocenters. The van der Waals surface area contributed by atoms with Crippen LogP contribution in [0.25, 0.3) is 0 Å². The fourth-order valence-corrected chi connectivity index (χ4v) is 1.33. The molecular formula is C11H15N5O3. The highest BCUT2D eigenvalue weighted by atomic mass is 16.4. The van der Waals surface area contributed by atoms with Gasteiger partial charge in [-0.2, -0.15) is 0 Å². The molecule has 1 aromatic heterocycles. The number of urea groups is 1. The van der Waals surface area contributed by atoms with Crippen molar-refractivity contribution in [1.82, 2.24) is 25.2 Å². The van der Waals surface area contributed by atoms with Gasteiger partial charge >= 0.3 is 12.0 Å². The van der Waals surface area contributed by atoms with E-state index in [1.54, 1.807) is 0 Å². The van der Waals surface area contributed by atoms with Crippen molar-refractivity contribution in [1.29, 1.82) is 0 Å². The number of terminal acetylenes is 1. The Kier molecular flexibility index (Phi) is 5.35. The number of carbonyl (C=O) groups excluding carboxylic acids is 1. The monoisotopic (exact) mass is 265 g/mol. The lowest BCUT2D eigenvalue weighted by atomic mass is 10.5. The summed E-state index contributed by atoms with van der Waals surface area (Å²) in [6, 6.07) is -0.265. The molecule has 0 spiro atoms. The molecule has 0 aliphatic carbocycles. The first-order valence-electron chi connectivity index (χ1n) is 5.68. The van der Waals surface area contributed by atoms with Gasteiger partial charge < -0.3 is 15.3 Å². The molecule has 0 saturated carbocycles. The van der Waals surface area contributed by atoms with Gasteiger partial charge in [0.25, 0.3) is 0 Å². The number of nitrogens with zero attached hydrogens (tertiary/aromatic N) is 4. The number of hydrogen-bond donors (Lipinski definition) is 2. The van der Waals surface area contributed by atoms with E-state index >= 15 is 0 Å². The maximum absolute atomic E-state index is 11.6. The van der Waals surface area contributed by atoms with Crippen LogP contribution in [0.4, 0.5) is 4.79 Å². The Morgan fingerprint density at radius 2 is 2.37 bits per heavy atom. The number of aromatic nitrogens is 3. The Labute approximate surface area is 110 Å². The average Bonchev–Trinajstić information content (AvgIpc) is 2.84. The van der Waals surface area contributed by atoms with Gasteiger partial charge in [-0.25, -0.2) is 14.3 Å². The highest BCUT2D eigenvalue weighted by molar-refractivity contribution is 5.84. The Morgan fingerprint density at radius 1 is 1.63 bits per heavy atom. The summed E-state index contributed by atoms with van der Waals surface area (Å²) in [7, 11) is 0. The first kappa shape index (κ1) is 14.5. The van der Waals surface area contributed by atoms with Crippen LogP contribution < -0.4 is 5.32 Å². The molecule has 1 heterocycles. The summed E-state index contributed by atoms with van der Waals surface area (Å²) in [5, 5.41) is 18.4. The minimum atomic E-state index is -1.14. The van der Waals surface area contributed by atoms with Crippen molar-refractivity contribution in [3.8, 4) is 12.3 Å². The molecule has 2 N–H and O–H groups in total. The van der Waals surface area contributed by atoms with Gasteiger partial charge in [-0.15, -0.1) is 11.5 Å². The van der Waals surface area contributed by atoms with Crippen LogP contribution in [0.5, 0.6) is 0 Å². The van der Waals surface area contributed by atoms with Gasteiger partial charge in [0.1, 0.15) is 0 Å². The van der Waals surface area contributed by atoms with Crippen molar-refractivity contribution in [3.05, 3.63) is 11.9 Å². The fraction of sp³-hybridized carbons (Fsp3) is 0.455. The molecule has 8 nitrogen and oxygen atoms in total. The van der Waals surface area contributed by atoms with E-state index in [-0.39, 0.29) is 18.3 Å². The number of aromatic carboxylic acids is 1. The molecule has 0 aromatic carbocycles. The SMILES string of the molecule is C#CCN(CC)C(=O)NCCn1cc(C(=O)O)nn1. The van der Waals surface area contributed by atoms with Crippen LogP contribution in [-0.2, 0) is 6.54 Å². The maximum atomic E-state index is 11.6. The highest BCUT2D eigenvalue weighted by Crippen LogP contribution is 1.92. The number of carboxylic acid groups (broad SMARTS) is 1. The second kappa shape index (κ2) is 7.00. The Hall–Kier alpha value is -2.56. The summed E-state index contributed by atoms with van der Waals surface area (Å²) in [6.45, 7) is 3.23. The molecule has 1 rings (SSSR count). The Morgan fingerprint density at radius 3 is 2.89 bits per heavy atom. The van der Waals surface area contributed by atoms with Crippen molar-refractivity contribution < 1.29 is 14.7 Å². The summed E-state index contributed by atoms with van der Waals surface area (Å²) < 4.78 is 1.35. The van der Waals surface area contributed by atoms with Gasteiger partial charge in [-0.3, -0.25) is 0 Å². The zero-order valence-electron chi connectivity index (χ0n) is 10.5. The van der Waals surface area contributed by atoms with Crippen LogP contribution in [0, 0.1) is 12.3 Å². The molecular weight excluding hydrogens is 250 g/mol. The molecule has 0 unspecified atom stereocenters. The van der Waals surface area contributed by atoms with Crippen LogP contribution in [-0.4, -0.2) is 56.6 Å². The minimum absolute atomic E-state index is 0.131. The summed E-state index contributed by atoms with van der Waals surface area (Å²) in [5.74, 6) is 1.26. The maximum Gasteiger partial charge on any atom is 0.358 e. The molecule has 0 radical (unpaired) electrons. The second-order valence-electron chi connectivity index (χ2n) is 3.62. The van der Waals surface area contributed by atoms with Crippen LogP contribution >= 0.6 is 0 Å². The molecule has 0 saturated heterocycles. The lowest BCUT2D eigenvalue weighted by molar-refractivity contribution is 0.0690. The van der Waals surface area contributed by atoms with Gasteiger partial charge in [0.2, 0.25) is 0 Å². The van der Waals surface area contributed by atoms with E-state index in [0.29, 0.717) is 19.6 Å². The number of carbonyl (C=O) groups is 2. The summed E-state index contributed by atoms with van der Waals surface area (Å²) >= 11 is 0. The fourth-order valence-electron chi connectivity index (χ4n) is 1.33. The lowest BCUT2D eigenvalue weighted by Crippen LogP contribution is -2.41. The van der Waals surface area contributed by atoms with Crippen LogP contribution in [0.2, 0.25) is 0 Å². The predicted molar refractivity (Wildman–Crippen MR) is 66.5 cm³/mol. The van der Waals surface area contributed by atoms with Crippen molar-refractivity contribution in [2.45, 2.75) is 13.5 Å². The highest BCUT2D eigenvalue weighted by Gasteiger charge is 2.10. The van der Waals surface area contributed by atoms with Crippen molar-refractivity contribution in [3.63, 3.8) is 0 Å². The number of hydrogen-bond acceptors (Lipinski definition) is 4. The summed E-state index contributed by atoms with van der Waals surface area (Å²) in [4.78, 5) is 23.7. The molecule has 8 heteroatoms. The van der Waals surface area contributed by atoms with Gasteiger partial charge in [0, 0.05) is 13.1 Å². The zero-order chi connectivity index (χ0) is 14.3. The normalized spacial score (nSPS) is 9.68. The molecule has 0 aliphatic heterocycles. The number of rotatable bonds is 6. The average molecular weight is 265 g/mol. The third kappa shape index (κ3) is 4.31. The largest absolute Gasteiger partial charge is 0.476 e. The van der Waals surface area contributed by atoms with Crippen molar-refractivity contribution in [2.75, 3.05) is 19.6 Å². The topological polar surface area (TPSA) is 100 Å². The van der Waals surface area contributed by atoms with E-state index in [1.807, 2.05) is 6.92 Å². The lowest BCUT2D eigenvalue weighted by Gasteiger charge is -2.18. The third-order valence-electron chi connectivity index (χ3n) is 2.33. The molecule has 0 bridgehead atoms. The minimum Gasteiger partial charge on any atom is -0.476 e. The van der Waals surface area contributed by atoms with Gasteiger partial charge in [0.15, 0.2) is 5.69 Å². The first-order valence-corrected chi connectivity index (χ1v) is 5.68. The van der Waals surface area contributed by atoms with Crippen LogP contribution in [0.3, 0.4) is 0 Å². The molecule has 0 aliphatic rings.